The number of rotatable bonds is 1. The molecule has 5 heteroatoms. The molecule has 0 saturated heterocycles. The Morgan fingerprint density at radius 3 is 2.00 bits per heavy atom. The van der Waals surface area contributed by atoms with Gasteiger partial charge in [0.05, 0.1) is 29.2 Å². The standard InChI is InChI=1S/C14H10N4O/c1-8-11(6-16)14(12(7-17)9(2)18-8)13-4-3-10(5-15)19-13/h3-4,14,18H,1-2H3. The maximum Gasteiger partial charge on any atom is 0.203 e. The summed E-state index contributed by atoms with van der Waals surface area (Å²) in [6.07, 6.45) is 0. The van der Waals surface area contributed by atoms with Gasteiger partial charge in [-0.3, -0.25) is 0 Å². The van der Waals surface area contributed by atoms with Crippen LogP contribution in [-0.2, 0) is 0 Å². The fraction of sp³-hybridized carbons (Fsp3) is 0.214. The van der Waals surface area contributed by atoms with Gasteiger partial charge in [0.25, 0.3) is 0 Å². The number of nitrogens with zero attached hydrogens (tertiary/aromatic N) is 3. The van der Waals surface area contributed by atoms with E-state index >= 15 is 0 Å². The third-order valence-electron chi connectivity index (χ3n) is 3.02. The average molecular weight is 250 g/mol. The van der Waals surface area contributed by atoms with E-state index in [9.17, 15) is 10.5 Å². The molecule has 1 aromatic heterocycles. The monoisotopic (exact) mass is 250 g/mol. The van der Waals surface area contributed by atoms with Crippen molar-refractivity contribution in [1.82, 2.24) is 5.32 Å². The van der Waals surface area contributed by atoms with Crippen LogP contribution in [0.3, 0.4) is 0 Å². The van der Waals surface area contributed by atoms with Gasteiger partial charge in [0.15, 0.2) is 0 Å². The fourth-order valence-corrected chi connectivity index (χ4v) is 2.14. The smallest absolute Gasteiger partial charge is 0.203 e. The Hall–Kier alpha value is -2.97. The first-order valence-corrected chi connectivity index (χ1v) is 5.61. The first-order valence-electron chi connectivity index (χ1n) is 5.61. The predicted octanol–water partition coefficient (Wildman–Crippen LogP) is 2.43. The summed E-state index contributed by atoms with van der Waals surface area (Å²) in [5.41, 5.74) is 2.25. The number of nitrogens with one attached hydrogen (secondary N) is 1. The highest BCUT2D eigenvalue weighted by molar-refractivity contribution is 5.53. The van der Waals surface area contributed by atoms with Gasteiger partial charge in [0, 0.05) is 11.4 Å². The molecule has 92 valence electrons. The molecule has 0 aromatic carbocycles. The molecule has 1 aliphatic rings. The fourth-order valence-electron chi connectivity index (χ4n) is 2.14. The van der Waals surface area contributed by atoms with Crippen molar-refractivity contribution in [3.8, 4) is 18.2 Å². The van der Waals surface area contributed by atoms with Gasteiger partial charge in [-0.05, 0) is 26.0 Å². The van der Waals surface area contributed by atoms with Crippen LogP contribution < -0.4 is 5.32 Å². The van der Waals surface area contributed by atoms with Crippen molar-refractivity contribution >= 4 is 0 Å². The quantitative estimate of drug-likeness (QED) is 0.825. The minimum Gasteiger partial charge on any atom is -0.450 e. The van der Waals surface area contributed by atoms with Crippen LogP contribution in [0, 0.1) is 34.0 Å². The maximum absolute atomic E-state index is 9.27. The molecule has 0 atom stereocenters. The van der Waals surface area contributed by atoms with E-state index in [1.54, 1.807) is 19.9 Å². The maximum atomic E-state index is 9.27. The molecule has 1 N–H and O–H groups in total. The van der Waals surface area contributed by atoms with Crippen LogP contribution in [0.1, 0.15) is 31.3 Å². The van der Waals surface area contributed by atoms with Crippen LogP contribution in [-0.4, -0.2) is 0 Å². The average Bonchev–Trinajstić information content (AvgIpc) is 2.86. The van der Waals surface area contributed by atoms with Gasteiger partial charge < -0.3 is 9.73 Å². The van der Waals surface area contributed by atoms with E-state index in [2.05, 4.69) is 17.5 Å². The van der Waals surface area contributed by atoms with E-state index in [0.717, 1.165) is 0 Å². The zero-order valence-corrected chi connectivity index (χ0v) is 10.5. The molecule has 19 heavy (non-hydrogen) atoms. The predicted molar refractivity (Wildman–Crippen MR) is 65.9 cm³/mol. The molecule has 0 saturated carbocycles. The Kier molecular flexibility index (Phi) is 3.10. The summed E-state index contributed by atoms with van der Waals surface area (Å²) >= 11 is 0. The molecule has 2 rings (SSSR count). The number of hydrogen-bond donors (Lipinski definition) is 1. The van der Waals surface area contributed by atoms with E-state index < -0.39 is 5.92 Å². The van der Waals surface area contributed by atoms with E-state index in [4.69, 9.17) is 9.68 Å². The molecule has 1 aromatic rings. The number of dihydropyridines is 1. The molecule has 0 spiro atoms. The molecular weight excluding hydrogens is 240 g/mol. The Morgan fingerprint density at radius 2 is 1.58 bits per heavy atom. The van der Waals surface area contributed by atoms with Crippen molar-refractivity contribution in [2.45, 2.75) is 19.8 Å². The summed E-state index contributed by atoms with van der Waals surface area (Å²) in [5, 5.41) is 30.3. The van der Waals surface area contributed by atoms with E-state index in [1.807, 2.05) is 6.07 Å². The lowest BCUT2D eigenvalue weighted by atomic mass is 9.85. The molecule has 0 fully saturated rings. The van der Waals surface area contributed by atoms with Crippen LogP contribution >= 0.6 is 0 Å². The second-order valence-electron chi connectivity index (χ2n) is 4.17. The third kappa shape index (κ3) is 1.97. The van der Waals surface area contributed by atoms with Crippen molar-refractivity contribution in [1.29, 1.82) is 15.8 Å². The summed E-state index contributed by atoms with van der Waals surface area (Å²) in [6, 6.07) is 9.26. The highest BCUT2D eigenvalue weighted by Crippen LogP contribution is 2.37. The lowest BCUT2D eigenvalue weighted by Gasteiger charge is -2.24. The lowest BCUT2D eigenvalue weighted by molar-refractivity contribution is 0.488. The number of nitriles is 3. The third-order valence-corrected chi connectivity index (χ3v) is 3.02. The van der Waals surface area contributed by atoms with Gasteiger partial charge in [-0.15, -0.1) is 0 Å². The normalized spacial score (nSPS) is 15.5. The Balaban J connectivity index is 2.61. The molecule has 1 aliphatic heterocycles. The van der Waals surface area contributed by atoms with Crippen molar-refractivity contribution in [3.05, 3.63) is 46.2 Å². The van der Waals surface area contributed by atoms with E-state index in [0.29, 0.717) is 28.3 Å². The highest BCUT2D eigenvalue weighted by atomic mass is 16.3. The summed E-state index contributed by atoms with van der Waals surface area (Å²) in [6.45, 7) is 3.55. The molecule has 0 unspecified atom stereocenters. The first kappa shape index (κ1) is 12.5. The Labute approximate surface area is 110 Å². The van der Waals surface area contributed by atoms with E-state index in [-0.39, 0.29) is 5.76 Å². The lowest BCUT2D eigenvalue weighted by Crippen LogP contribution is -2.23. The highest BCUT2D eigenvalue weighted by Gasteiger charge is 2.31. The van der Waals surface area contributed by atoms with Crippen molar-refractivity contribution in [2.24, 2.45) is 0 Å². The minimum absolute atomic E-state index is 0.165. The van der Waals surface area contributed by atoms with Gasteiger partial charge in [-0.25, -0.2) is 0 Å². The van der Waals surface area contributed by atoms with Crippen molar-refractivity contribution in [2.75, 3.05) is 0 Å². The SMILES string of the molecule is CC1=C(C#N)C(c2ccc(C#N)o2)C(C#N)=C(C)N1. The van der Waals surface area contributed by atoms with Gasteiger partial charge in [0.1, 0.15) is 11.8 Å². The van der Waals surface area contributed by atoms with Gasteiger partial charge in [0.2, 0.25) is 5.76 Å². The van der Waals surface area contributed by atoms with E-state index in [1.165, 1.54) is 6.07 Å². The van der Waals surface area contributed by atoms with Gasteiger partial charge in [-0.1, -0.05) is 0 Å². The summed E-state index contributed by atoms with van der Waals surface area (Å²) < 4.78 is 5.37. The molecule has 0 bridgehead atoms. The first-order chi connectivity index (χ1) is 9.12. The number of allylic oxidation sites excluding steroid dienone is 4. The molecule has 0 amide bonds. The molecule has 0 aliphatic carbocycles. The summed E-state index contributed by atoms with van der Waals surface area (Å²) in [4.78, 5) is 0. The second-order valence-corrected chi connectivity index (χ2v) is 4.17. The van der Waals surface area contributed by atoms with Crippen molar-refractivity contribution < 1.29 is 4.42 Å². The van der Waals surface area contributed by atoms with Crippen LogP contribution in [0.25, 0.3) is 0 Å². The van der Waals surface area contributed by atoms with Crippen LogP contribution in [0.4, 0.5) is 0 Å². The van der Waals surface area contributed by atoms with Crippen LogP contribution in [0.2, 0.25) is 0 Å². The zero-order chi connectivity index (χ0) is 14.0. The number of furan rings is 1. The van der Waals surface area contributed by atoms with Gasteiger partial charge in [-0.2, -0.15) is 15.8 Å². The second kappa shape index (κ2) is 4.72. The largest absolute Gasteiger partial charge is 0.450 e. The van der Waals surface area contributed by atoms with Crippen LogP contribution in [0.15, 0.2) is 39.1 Å². The summed E-state index contributed by atoms with van der Waals surface area (Å²) in [7, 11) is 0. The summed E-state index contributed by atoms with van der Waals surface area (Å²) in [5.74, 6) is 0.0571. The molecule has 5 nitrogen and oxygen atoms in total. The topological polar surface area (TPSA) is 96.5 Å². The molecule has 0 radical (unpaired) electrons. The van der Waals surface area contributed by atoms with Crippen LogP contribution in [0.5, 0.6) is 0 Å². The molecular formula is C14H10N4O. The van der Waals surface area contributed by atoms with Gasteiger partial charge >= 0.3 is 0 Å². The molecule has 2 heterocycles. The number of hydrogen-bond acceptors (Lipinski definition) is 5. The minimum atomic E-state index is -0.543. The Morgan fingerprint density at radius 1 is 1.00 bits per heavy atom. The van der Waals surface area contributed by atoms with Crippen molar-refractivity contribution in [3.63, 3.8) is 0 Å². The zero-order valence-electron chi connectivity index (χ0n) is 10.5. The Bertz CT molecular complexity index is 680.